The van der Waals surface area contributed by atoms with Gasteiger partial charge in [-0.15, -0.1) is 6.58 Å². The molecule has 5 heteroatoms. The summed E-state index contributed by atoms with van der Waals surface area (Å²) in [5.74, 6) is 0.298. The number of nitrogens with zero attached hydrogens (tertiary/aromatic N) is 1. The lowest BCUT2D eigenvalue weighted by Gasteiger charge is -2.28. The molecule has 0 radical (unpaired) electrons. The van der Waals surface area contributed by atoms with Crippen molar-refractivity contribution in [3.05, 3.63) is 54.6 Å². The number of carbonyl (C=O) groups excluding carboxylic acids is 2. The first-order valence-electron chi connectivity index (χ1n) is 8.51. The number of hydrogen-bond acceptors (Lipinski definition) is 4. The van der Waals surface area contributed by atoms with Crippen LogP contribution in [0, 0.1) is 5.92 Å². The maximum absolute atomic E-state index is 12.5. The summed E-state index contributed by atoms with van der Waals surface area (Å²) in [4.78, 5) is 26.7. The van der Waals surface area contributed by atoms with Gasteiger partial charge in [0.15, 0.2) is 0 Å². The molecule has 0 N–H and O–H groups in total. The van der Waals surface area contributed by atoms with Crippen molar-refractivity contribution in [2.24, 2.45) is 5.92 Å². The molecule has 1 aromatic carbocycles. The zero-order chi connectivity index (χ0) is 18.1. The van der Waals surface area contributed by atoms with Gasteiger partial charge in [0.25, 0.3) is 0 Å². The molecule has 4 nitrogen and oxygen atoms in total. The predicted octanol–water partition coefficient (Wildman–Crippen LogP) is 3.75. The Morgan fingerprint density at radius 1 is 1.40 bits per heavy atom. The summed E-state index contributed by atoms with van der Waals surface area (Å²) in [5, 5.41) is 0. The third-order valence-corrected chi connectivity index (χ3v) is 4.65. The first-order chi connectivity index (χ1) is 12.2. The van der Waals surface area contributed by atoms with Gasteiger partial charge in [0.1, 0.15) is 6.61 Å². The van der Waals surface area contributed by atoms with Crippen molar-refractivity contribution in [2.45, 2.75) is 19.3 Å². The molecule has 2 rings (SSSR count). The van der Waals surface area contributed by atoms with Crippen LogP contribution in [-0.4, -0.2) is 41.9 Å². The van der Waals surface area contributed by atoms with Crippen molar-refractivity contribution in [1.82, 2.24) is 4.90 Å². The zero-order valence-corrected chi connectivity index (χ0v) is 15.5. The first-order valence-corrected chi connectivity index (χ1v) is 9.90. The van der Waals surface area contributed by atoms with Crippen LogP contribution in [-0.2, 0) is 14.3 Å². The smallest absolute Gasteiger partial charge is 0.312 e. The van der Waals surface area contributed by atoms with Crippen LogP contribution in [0.15, 0.2) is 49.1 Å². The fourth-order valence-corrected chi connectivity index (χ4v) is 3.07. The average molecular weight is 359 g/mol. The Morgan fingerprint density at radius 3 is 2.84 bits per heavy atom. The molecular formula is C20H25NO3S. The Labute approximate surface area is 153 Å². The Kier molecular flexibility index (Phi) is 7.79. The molecule has 1 atom stereocenters. The van der Waals surface area contributed by atoms with E-state index in [-0.39, 0.29) is 17.8 Å². The van der Waals surface area contributed by atoms with E-state index >= 15 is 0 Å². The second-order valence-corrected chi connectivity index (χ2v) is 6.86. The standard InChI is InChI=1S/C20H25NO3S/c1-3-12-21-18(16-8-5-4-6-9-16)15-17(10-7-11-19(21)22)20(23)24-13-14-25-2/h3-6,8-9,15,17H,1,7,10-14H2,2H3/b18-15-. The topological polar surface area (TPSA) is 46.6 Å². The molecule has 0 aliphatic carbocycles. The summed E-state index contributed by atoms with van der Waals surface area (Å²) < 4.78 is 5.40. The van der Waals surface area contributed by atoms with E-state index in [0.29, 0.717) is 32.4 Å². The SMILES string of the molecule is C=CCN1C(=O)CCCC(C(=O)OCCSC)/C=C\1c1ccccc1. The number of esters is 1. The van der Waals surface area contributed by atoms with Gasteiger partial charge in [0, 0.05) is 24.4 Å². The fourth-order valence-electron chi connectivity index (χ4n) is 2.82. The maximum Gasteiger partial charge on any atom is 0.312 e. The number of carbonyl (C=O) groups is 2. The molecule has 0 saturated carbocycles. The number of thioether (sulfide) groups is 1. The Morgan fingerprint density at radius 2 is 2.16 bits per heavy atom. The summed E-state index contributed by atoms with van der Waals surface area (Å²) in [6.07, 6.45) is 7.30. The van der Waals surface area contributed by atoms with E-state index in [0.717, 1.165) is 17.0 Å². The molecule has 1 aliphatic rings. The van der Waals surface area contributed by atoms with Crippen LogP contribution in [0.1, 0.15) is 24.8 Å². The van der Waals surface area contributed by atoms with E-state index < -0.39 is 0 Å². The van der Waals surface area contributed by atoms with E-state index in [1.54, 1.807) is 22.7 Å². The highest BCUT2D eigenvalue weighted by Crippen LogP contribution is 2.28. The molecule has 1 aromatic rings. The van der Waals surface area contributed by atoms with Crippen molar-refractivity contribution >= 4 is 29.3 Å². The van der Waals surface area contributed by atoms with E-state index in [1.807, 2.05) is 42.7 Å². The second kappa shape index (κ2) is 10.1. The molecule has 1 amide bonds. The minimum absolute atomic E-state index is 0.0594. The molecular weight excluding hydrogens is 334 g/mol. The fraction of sp³-hybridized carbons (Fsp3) is 0.400. The van der Waals surface area contributed by atoms with Crippen LogP contribution in [0.2, 0.25) is 0 Å². The molecule has 0 bridgehead atoms. The van der Waals surface area contributed by atoms with Crippen molar-refractivity contribution in [1.29, 1.82) is 0 Å². The van der Waals surface area contributed by atoms with E-state index in [2.05, 4.69) is 6.58 Å². The highest BCUT2D eigenvalue weighted by molar-refractivity contribution is 7.98. The highest BCUT2D eigenvalue weighted by Gasteiger charge is 2.26. The summed E-state index contributed by atoms with van der Waals surface area (Å²) in [6, 6.07) is 9.69. The zero-order valence-electron chi connectivity index (χ0n) is 14.6. The molecule has 25 heavy (non-hydrogen) atoms. The summed E-state index contributed by atoms with van der Waals surface area (Å²) in [5.41, 5.74) is 1.68. The van der Waals surface area contributed by atoms with Gasteiger partial charge in [-0.2, -0.15) is 11.8 Å². The first kappa shape index (κ1) is 19.3. The predicted molar refractivity (Wildman–Crippen MR) is 103 cm³/mol. The van der Waals surface area contributed by atoms with Gasteiger partial charge in [-0.1, -0.05) is 36.4 Å². The molecule has 1 heterocycles. The van der Waals surface area contributed by atoms with Crippen molar-refractivity contribution in [3.8, 4) is 0 Å². The molecule has 0 aromatic heterocycles. The second-order valence-electron chi connectivity index (χ2n) is 5.87. The maximum atomic E-state index is 12.5. The van der Waals surface area contributed by atoms with Crippen LogP contribution in [0.4, 0.5) is 0 Å². The van der Waals surface area contributed by atoms with Crippen molar-refractivity contribution < 1.29 is 14.3 Å². The number of amides is 1. The lowest BCUT2D eigenvalue weighted by molar-refractivity contribution is -0.146. The van der Waals surface area contributed by atoms with Crippen LogP contribution in [0.3, 0.4) is 0 Å². The third-order valence-electron chi connectivity index (χ3n) is 4.07. The summed E-state index contributed by atoms with van der Waals surface area (Å²) in [6.45, 7) is 4.60. The van der Waals surface area contributed by atoms with Crippen LogP contribution >= 0.6 is 11.8 Å². The van der Waals surface area contributed by atoms with Gasteiger partial charge >= 0.3 is 5.97 Å². The van der Waals surface area contributed by atoms with Crippen LogP contribution in [0.25, 0.3) is 5.70 Å². The van der Waals surface area contributed by atoms with Gasteiger partial charge in [0.2, 0.25) is 5.91 Å². The summed E-state index contributed by atoms with van der Waals surface area (Å²) >= 11 is 1.65. The van der Waals surface area contributed by atoms with Crippen LogP contribution < -0.4 is 0 Å². The number of ether oxygens (including phenoxy) is 1. The van der Waals surface area contributed by atoms with Crippen molar-refractivity contribution in [3.63, 3.8) is 0 Å². The number of rotatable bonds is 7. The van der Waals surface area contributed by atoms with Gasteiger partial charge in [0.05, 0.1) is 5.92 Å². The highest BCUT2D eigenvalue weighted by atomic mass is 32.2. The average Bonchev–Trinajstić information content (AvgIpc) is 2.62. The molecule has 1 unspecified atom stereocenters. The van der Waals surface area contributed by atoms with E-state index in [9.17, 15) is 9.59 Å². The molecule has 1 aliphatic heterocycles. The Balaban J connectivity index is 2.34. The quantitative estimate of drug-likeness (QED) is 0.423. The van der Waals surface area contributed by atoms with Crippen LogP contribution in [0.5, 0.6) is 0 Å². The van der Waals surface area contributed by atoms with Gasteiger partial charge < -0.3 is 9.64 Å². The van der Waals surface area contributed by atoms with Gasteiger partial charge in [-0.05, 0) is 30.7 Å². The summed E-state index contributed by atoms with van der Waals surface area (Å²) in [7, 11) is 0. The monoisotopic (exact) mass is 359 g/mol. The lowest BCUT2D eigenvalue weighted by atomic mass is 9.95. The molecule has 0 saturated heterocycles. The third kappa shape index (κ3) is 5.49. The Bertz CT molecular complexity index is 627. The largest absolute Gasteiger partial charge is 0.464 e. The minimum Gasteiger partial charge on any atom is -0.464 e. The molecule has 0 fully saturated rings. The molecule has 0 spiro atoms. The minimum atomic E-state index is -0.336. The van der Waals surface area contributed by atoms with E-state index in [4.69, 9.17) is 4.74 Å². The normalized spacial score (nSPS) is 20.2. The van der Waals surface area contributed by atoms with Gasteiger partial charge in [-0.25, -0.2) is 0 Å². The lowest BCUT2D eigenvalue weighted by Crippen LogP contribution is -2.32. The van der Waals surface area contributed by atoms with Crippen molar-refractivity contribution in [2.75, 3.05) is 25.2 Å². The van der Waals surface area contributed by atoms with Gasteiger partial charge in [-0.3, -0.25) is 9.59 Å². The number of hydrogen-bond donors (Lipinski definition) is 0. The number of benzene rings is 1. The molecule has 134 valence electrons. The van der Waals surface area contributed by atoms with E-state index in [1.165, 1.54) is 0 Å². The Hall–Kier alpha value is -2.01.